The van der Waals surface area contributed by atoms with Gasteiger partial charge in [-0.3, -0.25) is 10.3 Å². The fourth-order valence-corrected chi connectivity index (χ4v) is 2.04. The minimum absolute atomic E-state index is 0.212. The van der Waals surface area contributed by atoms with Crippen LogP contribution in [-0.2, 0) is 9.68 Å². The first kappa shape index (κ1) is 19.7. The van der Waals surface area contributed by atoms with E-state index in [-0.39, 0.29) is 11.7 Å². The van der Waals surface area contributed by atoms with Crippen molar-refractivity contribution >= 4 is 18.1 Å². The topological polar surface area (TPSA) is 113 Å². The molecule has 0 atom stereocenters. The Bertz CT molecular complexity index is 852. The van der Waals surface area contributed by atoms with Crippen molar-refractivity contribution in [2.45, 2.75) is 0 Å². The predicted molar refractivity (Wildman–Crippen MR) is 102 cm³/mol. The van der Waals surface area contributed by atoms with Gasteiger partial charge in [0.25, 0.3) is 0 Å². The third kappa shape index (κ3) is 5.44. The average molecular weight is 371 g/mol. The molecule has 9 heteroatoms. The molecule has 1 aromatic heterocycles. The summed E-state index contributed by atoms with van der Waals surface area (Å²) in [7, 11) is 4.48. The van der Waals surface area contributed by atoms with Crippen LogP contribution in [0.5, 0.6) is 17.4 Å². The van der Waals surface area contributed by atoms with Gasteiger partial charge in [0.15, 0.2) is 11.5 Å². The highest BCUT2D eigenvalue weighted by molar-refractivity contribution is 5.88. The van der Waals surface area contributed by atoms with E-state index in [0.717, 1.165) is 5.56 Å². The molecule has 0 spiro atoms. The van der Waals surface area contributed by atoms with Crippen molar-refractivity contribution in [1.82, 2.24) is 15.4 Å². The molecule has 3 N–H and O–H groups in total. The van der Waals surface area contributed by atoms with Crippen molar-refractivity contribution in [3.63, 3.8) is 0 Å². The Labute approximate surface area is 157 Å². The van der Waals surface area contributed by atoms with Crippen LogP contribution >= 0.6 is 0 Å². The van der Waals surface area contributed by atoms with Crippen LogP contribution < -0.4 is 20.7 Å². The molecular formula is C18H21N5O4. The number of methoxy groups -OCH3 is 1. The van der Waals surface area contributed by atoms with Gasteiger partial charge < -0.3 is 20.0 Å². The summed E-state index contributed by atoms with van der Waals surface area (Å²) in [6.07, 6.45) is 6.29. The Morgan fingerprint density at radius 3 is 2.74 bits per heavy atom. The molecule has 142 valence electrons. The Hall–Kier alpha value is -3.59. The highest BCUT2D eigenvalue weighted by Gasteiger charge is 2.13. The number of hydrogen-bond donors (Lipinski definition) is 2. The van der Waals surface area contributed by atoms with Crippen molar-refractivity contribution in [2.75, 3.05) is 27.1 Å². The minimum atomic E-state index is 0.212. The third-order valence-corrected chi connectivity index (χ3v) is 3.27. The first-order valence-corrected chi connectivity index (χ1v) is 7.78. The molecule has 0 radical (unpaired) electrons. The second-order valence-electron chi connectivity index (χ2n) is 5.07. The maximum atomic E-state index is 5.86. The largest absolute Gasteiger partial charge is 0.493 e. The van der Waals surface area contributed by atoms with E-state index < -0.39 is 0 Å². The van der Waals surface area contributed by atoms with E-state index in [1.807, 2.05) is 12.1 Å². The number of nitrogens with two attached hydrogens (primary N) is 1. The van der Waals surface area contributed by atoms with Crippen molar-refractivity contribution in [3.05, 3.63) is 54.0 Å². The van der Waals surface area contributed by atoms with E-state index in [1.54, 1.807) is 25.3 Å². The van der Waals surface area contributed by atoms with Gasteiger partial charge in [0.05, 0.1) is 26.1 Å². The molecule has 0 bridgehead atoms. The lowest BCUT2D eigenvalue weighted by molar-refractivity contribution is 0.121. The van der Waals surface area contributed by atoms with Crippen LogP contribution in [0.25, 0.3) is 6.08 Å². The van der Waals surface area contributed by atoms with Gasteiger partial charge in [0.2, 0.25) is 5.88 Å². The summed E-state index contributed by atoms with van der Waals surface area (Å²) in [5.74, 6) is 1.40. The van der Waals surface area contributed by atoms with Crippen LogP contribution in [0, 0.1) is 0 Å². The molecule has 0 aliphatic heterocycles. The van der Waals surface area contributed by atoms with Crippen molar-refractivity contribution in [2.24, 2.45) is 5.16 Å². The number of benzene rings is 1. The monoisotopic (exact) mass is 371 g/mol. The van der Waals surface area contributed by atoms with Crippen molar-refractivity contribution < 1.29 is 19.1 Å². The predicted octanol–water partition coefficient (Wildman–Crippen LogP) is 2.52. The number of anilines is 1. The highest BCUT2D eigenvalue weighted by atomic mass is 16.6. The number of hydrogen-bond acceptors (Lipinski definition) is 9. The summed E-state index contributed by atoms with van der Waals surface area (Å²) in [6, 6.07) is 5.40. The number of nitrogens with zero attached hydrogens (tertiary/aromatic N) is 3. The molecule has 0 unspecified atom stereocenters. The fourth-order valence-electron chi connectivity index (χ4n) is 2.04. The number of ether oxygens (including phenoxy) is 2. The van der Waals surface area contributed by atoms with E-state index in [9.17, 15) is 0 Å². The van der Waals surface area contributed by atoms with Gasteiger partial charge >= 0.3 is 0 Å². The standard InChI is InChI=1S/C18H21N5O4/c1-12(23-26-4)5-6-13-7-8-15(16(9-13)24-2)27-18-14(10-22-25-3)17(19)20-11-21-18/h5-11,23H,1H2,2-4H3,(H2,19,20,21)/b6-5+,22-10?. The molecule has 27 heavy (non-hydrogen) atoms. The van der Waals surface area contributed by atoms with Crippen LogP contribution in [0.3, 0.4) is 0 Å². The lowest BCUT2D eigenvalue weighted by Crippen LogP contribution is -2.07. The first-order chi connectivity index (χ1) is 13.1. The molecule has 1 aromatic carbocycles. The molecule has 0 fully saturated rings. The average Bonchev–Trinajstić information content (AvgIpc) is 2.67. The maximum absolute atomic E-state index is 5.86. The number of nitrogens with one attached hydrogen (secondary N) is 1. The molecule has 1 heterocycles. The molecule has 0 saturated carbocycles. The summed E-state index contributed by atoms with van der Waals surface area (Å²) in [5, 5.41) is 3.69. The molecule has 9 nitrogen and oxygen atoms in total. The number of oxime groups is 1. The normalized spacial score (nSPS) is 10.9. The lowest BCUT2D eigenvalue weighted by atomic mass is 10.2. The van der Waals surface area contributed by atoms with Crippen LogP contribution in [0.1, 0.15) is 11.1 Å². The molecular weight excluding hydrogens is 350 g/mol. The minimum Gasteiger partial charge on any atom is -0.493 e. The zero-order valence-corrected chi connectivity index (χ0v) is 15.3. The van der Waals surface area contributed by atoms with Crippen LogP contribution in [-0.4, -0.2) is 37.5 Å². The number of hydroxylamine groups is 1. The molecule has 2 aromatic rings. The summed E-state index contributed by atoms with van der Waals surface area (Å²) in [6.45, 7) is 3.79. The fraction of sp³-hybridized carbons (Fsp3) is 0.167. The van der Waals surface area contributed by atoms with E-state index in [2.05, 4.69) is 32.0 Å². The summed E-state index contributed by atoms with van der Waals surface area (Å²) in [5.41, 5.74) is 10.4. The van der Waals surface area contributed by atoms with Gasteiger partial charge in [0.1, 0.15) is 24.8 Å². The van der Waals surface area contributed by atoms with E-state index in [0.29, 0.717) is 22.8 Å². The smallest absolute Gasteiger partial charge is 0.233 e. The number of rotatable bonds is 9. The second-order valence-corrected chi connectivity index (χ2v) is 5.07. The van der Waals surface area contributed by atoms with Crippen LogP contribution in [0.2, 0.25) is 0 Å². The Balaban J connectivity index is 2.29. The maximum Gasteiger partial charge on any atom is 0.233 e. The molecule has 0 amide bonds. The molecule has 0 aliphatic rings. The van der Waals surface area contributed by atoms with Gasteiger partial charge in [-0.2, -0.15) is 0 Å². The van der Waals surface area contributed by atoms with Crippen molar-refractivity contribution in [1.29, 1.82) is 0 Å². The van der Waals surface area contributed by atoms with Gasteiger partial charge in [-0.15, -0.1) is 0 Å². The van der Waals surface area contributed by atoms with E-state index in [1.165, 1.54) is 26.8 Å². The highest BCUT2D eigenvalue weighted by Crippen LogP contribution is 2.33. The summed E-state index contributed by atoms with van der Waals surface area (Å²) >= 11 is 0. The van der Waals surface area contributed by atoms with E-state index in [4.69, 9.17) is 20.0 Å². The quantitative estimate of drug-likeness (QED) is 0.393. The van der Waals surface area contributed by atoms with E-state index >= 15 is 0 Å². The van der Waals surface area contributed by atoms with Crippen molar-refractivity contribution in [3.8, 4) is 17.4 Å². The SMILES string of the molecule is C=C(/C=C/c1ccc(Oc2ncnc(N)c2C=NOC)c(OC)c1)NOC. The lowest BCUT2D eigenvalue weighted by Gasteiger charge is -2.12. The summed E-state index contributed by atoms with van der Waals surface area (Å²) < 4.78 is 11.3. The number of nitrogen functional groups attached to an aromatic ring is 1. The number of allylic oxidation sites excluding steroid dienone is 1. The Morgan fingerprint density at radius 2 is 2.04 bits per heavy atom. The molecule has 0 saturated heterocycles. The zero-order valence-electron chi connectivity index (χ0n) is 15.3. The zero-order chi connectivity index (χ0) is 19.6. The van der Waals surface area contributed by atoms with Gasteiger partial charge in [-0.05, 0) is 23.8 Å². The van der Waals surface area contributed by atoms with Gasteiger partial charge in [0, 0.05) is 0 Å². The second kappa shape index (κ2) is 9.78. The Kier molecular flexibility index (Phi) is 7.15. The van der Waals surface area contributed by atoms with Crippen LogP contribution in [0.15, 0.2) is 48.0 Å². The molecule has 0 aliphatic carbocycles. The van der Waals surface area contributed by atoms with Gasteiger partial charge in [-0.25, -0.2) is 9.97 Å². The van der Waals surface area contributed by atoms with Gasteiger partial charge in [-0.1, -0.05) is 23.9 Å². The molecule has 2 rings (SSSR count). The third-order valence-electron chi connectivity index (χ3n) is 3.27. The summed E-state index contributed by atoms with van der Waals surface area (Å²) in [4.78, 5) is 17.5. The van der Waals surface area contributed by atoms with Crippen LogP contribution in [0.4, 0.5) is 5.82 Å². The first-order valence-electron chi connectivity index (χ1n) is 7.78. The number of aromatic nitrogens is 2. The Morgan fingerprint density at radius 1 is 1.22 bits per heavy atom.